The van der Waals surface area contributed by atoms with Gasteiger partial charge in [-0.2, -0.15) is 13.2 Å². The Hall–Kier alpha value is -12.2. The molecule has 0 bridgehead atoms. The molecule has 0 aliphatic carbocycles. The Morgan fingerprint density at radius 2 is 1.05 bits per heavy atom. The minimum atomic E-state index is -5.08. The van der Waals surface area contributed by atoms with Gasteiger partial charge in [0.25, 0.3) is 0 Å². The van der Waals surface area contributed by atoms with Gasteiger partial charge in [-0.05, 0) is 66.6 Å². The van der Waals surface area contributed by atoms with Crippen LogP contribution in [0, 0.1) is 0 Å². The Morgan fingerprint density at radius 3 is 1.60 bits per heavy atom. The van der Waals surface area contributed by atoms with Crippen LogP contribution in [0.2, 0.25) is 0 Å². The summed E-state index contributed by atoms with van der Waals surface area (Å²) in [4.78, 5) is 221. The number of hydrogen-bond acceptors (Lipinski definition) is 19. The van der Waals surface area contributed by atoms with Gasteiger partial charge >= 0.3 is 24.1 Å². The molecule has 13 amide bonds. The second kappa shape index (κ2) is 41.7. The summed E-state index contributed by atoms with van der Waals surface area (Å²) in [7, 11) is 0. The number of aromatic amines is 1. The number of nitrogens with one attached hydrogen (secondary N) is 11. The Bertz CT molecular complexity index is 4100. The lowest BCUT2D eigenvalue weighted by Gasteiger charge is -2.31. The first-order valence-electron chi connectivity index (χ1n) is 33.3. The van der Waals surface area contributed by atoms with E-state index in [0.29, 0.717) is 27.6 Å². The fraction of sp³-hybridized carbons (Fsp3) is 0.400. The summed E-state index contributed by atoms with van der Waals surface area (Å²) >= 11 is 0.832. The van der Waals surface area contributed by atoms with E-state index in [0.717, 1.165) is 23.6 Å². The summed E-state index contributed by atoms with van der Waals surface area (Å²) in [6.07, 6.45) is -9.69. The first-order valence-corrected chi connectivity index (χ1v) is 34.5. The van der Waals surface area contributed by atoms with E-state index in [1.54, 1.807) is 91.1 Å². The number of amides is 13. The van der Waals surface area contributed by atoms with Crippen molar-refractivity contribution in [3.05, 3.63) is 138 Å². The zero-order valence-electron chi connectivity index (χ0n) is 57.6. The lowest BCUT2D eigenvalue weighted by molar-refractivity contribution is -0.192. The molecular weight excluding hydrogens is 1460 g/mol. The molecule has 5 aromatic rings. The van der Waals surface area contributed by atoms with Crippen LogP contribution in [0.3, 0.4) is 0 Å². The number of aliphatic hydroxyl groups excluding tert-OH is 1. The summed E-state index contributed by atoms with van der Waals surface area (Å²) in [5.41, 5.74) is 13.7. The van der Waals surface area contributed by atoms with Gasteiger partial charge in [-0.3, -0.25) is 71.9 Å². The fourth-order valence-electron chi connectivity index (χ4n) is 11.3. The molecular formula is C70H85F3N14O21S. The molecule has 2 fully saturated rings. The van der Waals surface area contributed by atoms with E-state index in [1.165, 1.54) is 24.3 Å². The van der Waals surface area contributed by atoms with E-state index in [9.17, 15) is 106 Å². The Morgan fingerprint density at radius 1 is 0.560 bits per heavy atom. The van der Waals surface area contributed by atoms with Gasteiger partial charge in [-0.25, -0.2) is 4.79 Å². The number of halogens is 3. The van der Waals surface area contributed by atoms with Crippen LogP contribution in [0.15, 0.2) is 115 Å². The summed E-state index contributed by atoms with van der Waals surface area (Å²) in [5.74, 6) is -21.1. The van der Waals surface area contributed by atoms with Gasteiger partial charge in [0.15, 0.2) is 0 Å². The number of primary amides is 2. The number of nitrogens with two attached hydrogens (primary N) is 2. The molecule has 2 aliphatic rings. The number of thioether (sulfide) groups is 1. The quantitative estimate of drug-likeness (QED) is 0.0466. The van der Waals surface area contributed by atoms with Crippen LogP contribution in [0.25, 0.3) is 10.9 Å². The zero-order valence-corrected chi connectivity index (χ0v) is 58.4. The predicted octanol–water partition coefficient (Wildman–Crippen LogP) is -2.29. The lowest BCUT2D eigenvalue weighted by Crippen LogP contribution is -2.62. The van der Waals surface area contributed by atoms with Crippen molar-refractivity contribution in [3.63, 3.8) is 0 Å². The topological polar surface area (TPSA) is 566 Å². The Kier molecular flexibility index (Phi) is 33.4. The normalized spacial score (nSPS) is 22.7. The van der Waals surface area contributed by atoms with Gasteiger partial charge in [0, 0.05) is 61.5 Å². The van der Waals surface area contributed by atoms with Gasteiger partial charge < -0.3 is 100 Å². The number of rotatable bonds is 17. The average Bonchev–Trinajstić information content (AvgIpc) is 1.73. The number of phenolic OH excluding ortho intramolecular Hbond substituents is 1. The number of aromatic hydroxyl groups is 1. The fourth-order valence-corrected chi connectivity index (χ4v) is 12.1. The van der Waals surface area contributed by atoms with Crippen LogP contribution >= 0.6 is 11.8 Å². The summed E-state index contributed by atoms with van der Waals surface area (Å²) in [6, 6.07) is 11.6. The molecule has 2 aliphatic heterocycles. The van der Waals surface area contributed by atoms with Gasteiger partial charge in [-0.1, -0.05) is 98.4 Å². The standard InChI is InChI=1S/C67H80N14O19S.C2HF3O2.CH4/c1-35(82)57-66(99)78-49(27-37-13-6-3-7-14-37)67(100)81-24-10-17-51(81)65(98)79-50(58(69)91)33-101-34-54(86)73-46(28-39-31-70-42-16-9-8-15-41(39)42)62(95)75-45(25-36-11-4-2-5-12-36)61(94)74-43(22-23-55(87)88)59(92)71-32-53(85)72-44(26-38-18-20-40(83)21-19-38)60(93)77-48(30-56(89)90)63(96)76-47(29-52(68)84)64(97)80-57;3-2(4,5)1(6)7;/h2-9,11-16,18-21,31,35,43-51,57,70,82-83H,10,17,22-30,32-34H2,1H3,(H2,68,84)(H2,69,91)(H,71,92)(H,72,85)(H,73,86)(H,74,94)(H,75,95)(H,76,96)(H,77,93)(H,78,99)(H,79,98)(H,80,97)(H,87,88)(H,89,90);(H,6,7);1H4/t35-,43+,44+,45+,46+,47+,48+,49+,50+,51+,57+;;/m1../s1. The number of para-hydroxylation sites is 1. The summed E-state index contributed by atoms with van der Waals surface area (Å²) in [6.45, 7) is 0.0269. The van der Waals surface area contributed by atoms with Gasteiger partial charge in [0.2, 0.25) is 76.8 Å². The number of carboxylic acids is 3. The van der Waals surface area contributed by atoms with Crippen LogP contribution in [-0.2, 0) is 102 Å². The zero-order chi connectivity index (χ0) is 79.5. The number of hydrogen-bond donors (Lipinski definition) is 18. The van der Waals surface area contributed by atoms with E-state index in [1.807, 2.05) is 0 Å². The molecule has 39 heteroatoms. The minimum absolute atomic E-state index is 0. The van der Waals surface area contributed by atoms with E-state index >= 15 is 0 Å². The summed E-state index contributed by atoms with van der Waals surface area (Å²) < 4.78 is 31.7. The third-order valence-electron chi connectivity index (χ3n) is 16.7. The lowest BCUT2D eigenvalue weighted by atomic mass is 10.0. The Labute approximate surface area is 624 Å². The van der Waals surface area contributed by atoms with E-state index in [2.05, 4.69) is 58.2 Å². The van der Waals surface area contributed by atoms with Crippen molar-refractivity contribution in [1.82, 2.24) is 63.1 Å². The Balaban J connectivity index is 0.00000253. The SMILES string of the molecule is C.C[C@@H](O)[C@@H]1NC(=O)[C@H](CC(N)=O)NC(=O)[C@H](CC(=O)O)NC(=O)[C@H](Cc2ccc(O)cc2)NC(=O)CNC(=O)[C@H](CCC(=O)O)NC(=O)[C@H](Cc2ccccc2)NC(=O)[C@H](Cc2c[nH]c3ccccc23)NC(=O)CSC[C@@H](C(N)=O)NC(=O)[C@@H]2CCCN2C(=O)[C@H](Cc2ccccc2)NC1=O.O=C(O)C(F)(F)F. The molecule has 0 unspecified atom stereocenters. The molecule has 0 spiro atoms. The third kappa shape index (κ3) is 27.9. The number of alkyl halides is 3. The monoisotopic (exact) mass is 1550 g/mol. The number of phenols is 1. The molecule has 35 nitrogen and oxygen atoms in total. The molecule has 1 aromatic heterocycles. The van der Waals surface area contributed by atoms with E-state index in [-0.39, 0.29) is 63.1 Å². The van der Waals surface area contributed by atoms with Gasteiger partial charge in [0.05, 0.1) is 31.2 Å². The molecule has 0 saturated carbocycles. The highest BCUT2D eigenvalue weighted by Gasteiger charge is 2.42. The second-order valence-corrected chi connectivity index (χ2v) is 26.0. The molecule has 109 heavy (non-hydrogen) atoms. The molecule has 4 aromatic carbocycles. The van der Waals surface area contributed by atoms with Crippen molar-refractivity contribution >= 4 is 117 Å². The van der Waals surface area contributed by atoms with Crippen LogP contribution in [0.5, 0.6) is 5.75 Å². The number of aliphatic hydroxyl groups is 1. The largest absolute Gasteiger partial charge is 0.508 e. The number of carbonyl (C=O) groups is 16. The van der Waals surface area contributed by atoms with Crippen molar-refractivity contribution in [3.8, 4) is 5.75 Å². The van der Waals surface area contributed by atoms with Crippen LogP contribution in [0.1, 0.15) is 75.1 Å². The van der Waals surface area contributed by atoms with Crippen molar-refractivity contribution in [2.24, 2.45) is 11.5 Å². The number of nitrogens with zero attached hydrogens (tertiary/aromatic N) is 1. The molecule has 3 heterocycles. The number of carboxylic acid groups (broad SMARTS) is 3. The van der Waals surface area contributed by atoms with Gasteiger partial charge in [0.1, 0.15) is 66.2 Å². The maximum atomic E-state index is 14.8. The highest BCUT2D eigenvalue weighted by molar-refractivity contribution is 8.00. The molecule has 20 N–H and O–H groups in total. The average molecular weight is 1550 g/mol. The maximum Gasteiger partial charge on any atom is 0.490 e. The highest BCUT2D eigenvalue weighted by atomic mass is 32.2. The van der Waals surface area contributed by atoms with Crippen molar-refractivity contribution in [2.75, 3.05) is 24.6 Å². The van der Waals surface area contributed by atoms with Gasteiger partial charge in [-0.15, -0.1) is 11.8 Å². The van der Waals surface area contributed by atoms with Crippen LogP contribution < -0.4 is 64.6 Å². The maximum absolute atomic E-state index is 14.8. The molecule has 588 valence electrons. The minimum Gasteiger partial charge on any atom is -0.508 e. The smallest absolute Gasteiger partial charge is 0.490 e. The highest BCUT2D eigenvalue weighted by Crippen LogP contribution is 2.23. The first kappa shape index (κ1) is 87.5. The number of benzene rings is 4. The second-order valence-electron chi connectivity index (χ2n) is 25.0. The molecule has 11 atom stereocenters. The number of carbonyl (C=O) groups excluding carboxylic acids is 13. The third-order valence-corrected chi connectivity index (χ3v) is 17.7. The van der Waals surface area contributed by atoms with E-state index in [4.69, 9.17) is 21.4 Å². The van der Waals surface area contributed by atoms with Crippen LogP contribution in [-0.4, -0.2) is 227 Å². The predicted molar refractivity (Wildman–Crippen MR) is 381 cm³/mol. The van der Waals surface area contributed by atoms with E-state index < -0.39 is 212 Å². The number of fused-ring (bicyclic) bond motifs is 2. The van der Waals surface area contributed by atoms with Crippen LogP contribution in [0.4, 0.5) is 13.2 Å². The molecule has 2 saturated heterocycles. The first-order chi connectivity index (χ1) is 51.1. The van der Waals surface area contributed by atoms with Crippen molar-refractivity contribution < 1.29 is 115 Å². The molecule has 7 rings (SSSR count). The number of aliphatic carboxylic acids is 3. The van der Waals surface area contributed by atoms with Crippen molar-refractivity contribution in [2.45, 2.75) is 151 Å². The number of H-pyrrole nitrogens is 1. The summed E-state index contributed by atoms with van der Waals surface area (Å²) in [5, 5.41) is 72.8. The molecule has 0 radical (unpaired) electrons. The number of aromatic nitrogens is 1. The van der Waals surface area contributed by atoms with Crippen molar-refractivity contribution in [1.29, 1.82) is 0 Å².